The fourth-order valence-electron chi connectivity index (χ4n) is 1.18. The van der Waals surface area contributed by atoms with E-state index in [0.717, 1.165) is 0 Å². The van der Waals surface area contributed by atoms with E-state index >= 15 is 0 Å². The quantitative estimate of drug-likeness (QED) is 0.573. The number of hydrogen-bond acceptors (Lipinski definition) is 2. The van der Waals surface area contributed by atoms with Crippen LogP contribution >= 0.6 is 0 Å². The molecule has 0 aliphatic carbocycles. The van der Waals surface area contributed by atoms with Gasteiger partial charge in [0.2, 0.25) is 0 Å². The lowest BCUT2D eigenvalue weighted by Gasteiger charge is -2.12. The van der Waals surface area contributed by atoms with Gasteiger partial charge in [-0.2, -0.15) is 5.10 Å². The van der Waals surface area contributed by atoms with E-state index in [1.54, 1.807) is 0 Å². The predicted molar refractivity (Wildman–Crippen MR) is 42.3 cm³/mol. The van der Waals surface area contributed by atoms with Crippen molar-refractivity contribution < 1.29 is 0 Å². The lowest BCUT2D eigenvalue weighted by molar-refractivity contribution is 0.754. The van der Waals surface area contributed by atoms with Crippen LogP contribution in [0.2, 0.25) is 0 Å². The first kappa shape index (κ1) is 7.12. The molecule has 1 aromatic heterocycles. The number of hydrogen-bond donors (Lipinski definition) is 0. The third-order valence-corrected chi connectivity index (χ3v) is 1.51. The summed E-state index contributed by atoms with van der Waals surface area (Å²) >= 11 is 0. The van der Waals surface area contributed by atoms with E-state index in [9.17, 15) is 0 Å². The number of aromatic nitrogens is 2. The summed E-state index contributed by atoms with van der Waals surface area (Å²) in [5.41, 5.74) is 1.22. The molecular weight excluding hydrogens is 126 g/mol. The minimum atomic E-state index is 1.17. The summed E-state index contributed by atoms with van der Waals surface area (Å²) in [7, 11) is 5.98. The zero-order valence-electron chi connectivity index (χ0n) is 6.92. The van der Waals surface area contributed by atoms with E-state index < -0.39 is 0 Å². The fraction of sp³-hybridized carbons (Fsp3) is 0.571. The minimum Gasteiger partial charge on any atom is -0.363 e. The van der Waals surface area contributed by atoms with E-state index in [4.69, 9.17) is 0 Å². The normalized spacial score (nSPS) is 10.0. The summed E-state index contributed by atoms with van der Waals surface area (Å²) in [5, 5.41) is 4.11. The first-order valence-electron chi connectivity index (χ1n) is 3.29. The Labute approximate surface area is 61.3 Å². The highest BCUT2D eigenvalue weighted by molar-refractivity contribution is 5.44. The van der Waals surface area contributed by atoms with Gasteiger partial charge in [0.25, 0.3) is 0 Å². The molecule has 3 nitrogen and oxygen atoms in total. The monoisotopic (exact) mass is 139 g/mol. The van der Waals surface area contributed by atoms with Gasteiger partial charge in [0.1, 0.15) is 5.82 Å². The van der Waals surface area contributed by atoms with Crippen molar-refractivity contribution >= 4 is 5.82 Å². The Morgan fingerprint density at radius 1 is 1.50 bits per heavy atom. The van der Waals surface area contributed by atoms with Crippen LogP contribution in [0.3, 0.4) is 0 Å². The highest BCUT2D eigenvalue weighted by Gasteiger charge is 2.04. The van der Waals surface area contributed by atoms with Crippen molar-refractivity contribution in [1.29, 1.82) is 0 Å². The molecule has 0 saturated heterocycles. The van der Waals surface area contributed by atoms with Gasteiger partial charge in [-0.15, -0.1) is 0 Å². The molecule has 3 heteroatoms. The van der Waals surface area contributed by atoms with Gasteiger partial charge in [-0.25, -0.2) is 0 Å². The van der Waals surface area contributed by atoms with Gasteiger partial charge in [-0.1, -0.05) is 0 Å². The maximum Gasteiger partial charge on any atom is 0.128 e. The predicted octanol–water partition coefficient (Wildman–Crippen LogP) is 0.795. The summed E-state index contributed by atoms with van der Waals surface area (Å²) in [6.07, 6.45) is 1.87. The molecule has 0 aliphatic heterocycles. The summed E-state index contributed by atoms with van der Waals surface area (Å²) in [6, 6.07) is 0. The Morgan fingerprint density at radius 2 is 2.10 bits per heavy atom. The van der Waals surface area contributed by atoms with Gasteiger partial charge in [-0.3, -0.25) is 4.68 Å². The molecule has 1 aromatic rings. The number of rotatable bonds is 1. The SMILES string of the molecule is Cc1cnn(C)c1N(C)C. The first-order chi connectivity index (χ1) is 4.63. The average Bonchev–Trinajstić information content (AvgIpc) is 2.11. The smallest absolute Gasteiger partial charge is 0.128 e. The highest BCUT2D eigenvalue weighted by atomic mass is 15.3. The van der Waals surface area contributed by atoms with E-state index in [-0.39, 0.29) is 0 Å². The van der Waals surface area contributed by atoms with Crippen molar-refractivity contribution in [2.45, 2.75) is 6.92 Å². The second-order valence-corrected chi connectivity index (χ2v) is 2.67. The van der Waals surface area contributed by atoms with E-state index in [0.29, 0.717) is 0 Å². The first-order valence-corrected chi connectivity index (χ1v) is 3.29. The lowest BCUT2D eigenvalue weighted by Crippen LogP contribution is -2.14. The van der Waals surface area contributed by atoms with Crippen LogP contribution in [-0.2, 0) is 7.05 Å². The molecule has 0 fully saturated rings. The molecule has 1 heterocycles. The van der Waals surface area contributed by atoms with Gasteiger partial charge >= 0.3 is 0 Å². The Hall–Kier alpha value is -0.990. The van der Waals surface area contributed by atoms with Crippen LogP contribution < -0.4 is 4.90 Å². The van der Waals surface area contributed by atoms with E-state index in [1.807, 2.05) is 32.0 Å². The van der Waals surface area contributed by atoms with E-state index in [1.165, 1.54) is 11.4 Å². The van der Waals surface area contributed by atoms with E-state index in [2.05, 4.69) is 16.9 Å². The summed E-state index contributed by atoms with van der Waals surface area (Å²) < 4.78 is 1.87. The molecule has 0 N–H and O–H groups in total. The second-order valence-electron chi connectivity index (χ2n) is 2.67. The van der Waals surface area contributed by atoms with Crippen molar-refractivity contribution in [3.63, 3.8) is 0 Å². The largest absolute Gasteiger partial charge is 0.363 e. The molecule has 0 aliphatic rings. The molecule has 0 bridgehead atoms. The van der Waals surface area contributed by atoms with Crippen LogP contribution in [0, 0.1) is 6.92 Å². The number of aryl methyl sites for hydroxylation is 2. The third-order valence-electron chi connectivity index (χ3n) is 1.51. The van der Waals surface area contributed by atoms with Crippen LogP contribution in [-0.4, -0.2) is 23.9 Å². The average molecular weight is 139 g/mol. The van der Waals surface area contributed by atoms with Crippen molar-refractivity contribution in [3.8, 4) is 0 Å². The van der Waals surface area contributed by atoms with Gasteiger partial charge in [0, 0.05) is 26.7 Å². The topological polar surface area (TPSA) is 21.1 Å². The number of anilines is 1. The summed E-state index contributed by atoms with van der Waals surface area (Å²) in [6.45, 7) is 2.06. The molecule has 0 aromatic carbocycles. The maximum absolute atomic E-state index is 4.11. The van der Waals surface area contributed by atoms with Crippen molar-refractivity contribution in [1.82, 2.24) is 9.78 Å². The molecule has 0 unspecified atom stereocenters. The molecule has 0 saturated carbocycles. The zero-order chi connectivity index (χ0) is 7.72. The second kappa shape index (κ2) is 2.33. The Kier molecular flexibility index (Phi) is 1.66. The van der Waals surface area contributed by atoms with Crippen LogP contribution in [0.4, 0.5) is 5.82 Å². The molecule has 0 atom stereocenters. The van der Waals surface area contributed by atoms with Crippen LogP contribution in [0.5, 0.6) is 0 Å². The number of nitrogens with zero attached hydrogens (tertiary/aromatic N) is 3. The van der Waals surface area contributed by atoms with Crippen molar-refractivity contribution in [2.24, 2.45) is 7.05 Å². The van der Waals surface area contributed by atoms with Crippen molar-refractivity contribution in [2.75, 3.05) is 19.0 Å². The molecule has 1 rings (SSSR count). The molecule has 56 valence electrons. The van der Waals surface area contributed by atoms with Crippen LogP contribution in [0.25, 0.3) is 0 Å². The fourth-order valence-corrected chi connectivity index (χ4v) is 1.18. The summed E-state index contributed by atoms with van der Waals surface area (Å²) in [5.74, 6) is 1.17. The zero-order valence-corrected chi connectivity index (χ0v) is 6.92. The van der Waals surface area contributed by atoms with Gasteiger partial charge in [0.05, 0.1) is 6.20 Å². The lowest BCUT2D eigenvalue weighted by atomic mass is 10.3. The Bertz CT molecular complexity index is 205. The Balaban J connectivity index is 3.10. The highest BCUT2D eigenvalue weighted by Crippen LogP contribution is 2.14. The van der Waals surface area contributed by atoms with Crippen LogP contribution in [0.1, 0.15) is 5.56 Å². The van der Waals surface area contributed by atoms with Gasteiger partial charge < -0.3 is 4.90 Å². The molecular formula is C7H13N3. The molecule has 0 radical (unpaired) electrons. The van der Waals surface area contributed by atoms with Gasteiger partial charge in [0.15, 0.2) is 0 Å². The van der Waals surface area contributed by atoms with Gasteiger partial charge in [-0.05, 0) is 6.92 Å². The summed E-state index contributed by atoms with van der Waals surface area (Å²) in [4.78, 5) is 2.06. The molecule has 0 spiro atoms. The standard InChI is InChI=1S/C7H13N3/c1-6-5-8-10(4)7(6)9(2)3/h5H,1-4H3. The minimum absolute atomic E-state index is 1.17. The molecule has 0 amide bonds. The Morgan fingerprint density at radius 3 is 2.30 bits per heavy atom. The van der Waals surface area contributed by atoms with Crippen LogP contribution in [0.15, 0.2) is 6.20 Å². The molecule has 10 heavy (non-hydrogen) atoms. The van der Waals surface area contributed by atoms with Crippen molar-refractivity contribution in [3.05, 3.63) is 11.8 Å². The third kappa shape index (κ3) is 0.988. The maximum atomic E-state index is 4.11.